The monoisotopic (exact) mass is 380 g/mol. The van der Waals surface area contributed by atoms with Crippen LogP contribution in [0.1, 0.15) is 56.9 Å². The molecule has 0 aromatic heterocycles. The van der Waals surface area contributed by atoms with Gasteiger partial charge in [0, 0.05) is 25.3 Å². The van der Waals surface area contributed by atoms with Gasteiger partial charge in [0.1, 0.15) is 5.75 Å². The highest BCUT2D eigenvalue weighted by Gasteiger charge is 2.20. The maximum Gasteiger partial charge on any atom is 0.115 e. The minimum Gasteiger partial charge on any atom is -0.508 e. The standard InChI is InChI=1S/C14H21NO.C11H15N/c1-2-8-15-9-4-6-13(11-15)12-5-3-7-14(16)10-12;1-3-7-11(8-4-1)12-9-5-2-6-10-12/h3,5,7,10,13,16H,2,4,6,8-9,11H2,1H3;1,3-4,7-8H,2,5-6,9-10H2. The van der Waals surface area contributed by atoms with Crippen LogP contribution in [0, 0.1) is 0 Å². The number of nitrogens with zero attached hydrogens (tertiary/aromatic N) is 2. The van der Waals surface area contributed by atoms with Crippen LogP contribution in [0.25, 0.3) is 0 Å². The number of anilines is 1. The predicted octanol–water partition coefficient (Wildman–Crippen LogP) is 5.66. The Bertz CT molecular complexity index is 680. The van der Waals surface area contributed by atoms with E-state index in [1.54, 1.807) is 6.07 Å². The number of rotatable bonds is 4. The summed E-state index contributed by atoms with van der Waals surface area (Å²) in [6.07, 6.45) is 7.88. The van der Waals surface area contributed by atoms with Gasteiger partial charge in [-0.2, -0.15) is 0 Å². The summed E-state index contributed by atoms with van der Waals surface area (Å²) in [4.78, 5) is 5.02. The Morgan fingerprint density at radius 3 is 2.39 bits per heavy atom. The Morgan fingerprint density at radius 1 is 0.893 bits per heavy atom. The van der Waals surface area contributed by atoms with Crippen molar-refractivity contribution in [3.63, 3.8) is 0 Å². The lowest BCUT2D eigenvalue weighted by atomic mass is 9.90. The van der Waals surface area contributed by atoms with E-state index in [0.717, 1.165) is 6.54 Å². The first-order valence-corrected chi connectivity index (χ1v) is 11.1. The largest absolute Gasteiger partial charge is 0.508 e. The highest BCUT2D eigenvalue weighted by molar-refractivity contribution is 5.46. The average Bonchev–Trinajstić information content (AvgIpc) is 2.76. The van der Waals surface area contributed by atoms with E-state index in [9.17, 15) is 5.11 Å². The highest BCUT2D eigenvalue weighted by Crippen LogP contribution is 2.28. The van der Waals surface area contributed by atoms with Crippen LogP contribution in [0.2, 0.25) is 0 Å². The van der Waals surface area contributed by atoms with Crippen molar-refractivity contribution in [2.24, 2.45) is 0 Å². The molecular formula is C25H36N2O. The second-order valence-electron chi connectivity index (χ2n) is 8.12. The summed E-state index contributed by atoms with van der Waals surface area (Å²) in [5, 5.41) is 9.50. The van der Waals surface area contributed by atoms with E-state index in [1.807, 2.05) is 12.1 Å². The third-order valence-electron chi connectivity index (χ3n) is 5.86. The maximum atomic E-state index is 9.50. The predicted molar refractivity (Wildman–Crippen MR) is 119 cm³/mol. The lowest BCUT2D eigenvalue weighted by Crippen LogP contribution is -2.34. The van der Waals surface area contributed by atoms with Crippen molar-refractivity contribution in [1.82, 2.24) is 4.90 Å². The number of para-hydroxylation sites is 1. The van der Waals surface area contributed by atoms with E-state index in [4.69, 9.17) is 0 Å². The Hall–Kier alpha value is -2.00. The summed E-state index contributed by atoms with van der Waals surface area (Å²) in [7, 11) is 0. The molecular weight excluding hydrogens is 344 g/mol. The van der Waals surface area contributed by atoms with E-state index in [1.165, 1.54) is 76.0 Å². The first-order valence-electron chi connectivity index (χ1n) is 11.1. The van der Waals surface area contributed by atoms with Gasteiger partial charge in [-0.25, -0.2) is 0 Å². The zero-order chi connectivity index (χ0) is 19.6. The molecule has 3 heteroatoms. The molecule has 0 amide bonds. The Labute approximate surface area is 171 Å². The van der Waals surface area contributed by atoms with Crippen LogP contribution < -0.4 is 4.90 Å². The summed E-state index contributed by atoms with van der Waals surface area (Å²) in [5.74, 6) is 0.998. The number of hydrogen-bond acceptors (Lipinski definition) is 3. The molecule has 2 fully saturated rings. The first kappa shape index (κ1) is 20.7. The Balaban J connectivity index is 0.000000167. The van der Waals surface area contributed by atoms with Crippen molar-refractivity contribution in [3.8, 4) is 5.75 Å². The van der Waals surface area contributed by atoms with Gasteiger partial charge >= 0.3 is 0 Å². The van der Waals surface area contributed by atoms with Crippen molar-refractivity contribution < 1.29 is 5.11 Å². The molecule has 0 spiro atoms. The SMILES string of the molecule is CCCN1CCCC(c2cccc(O)c2)C1.c1ccc(N2CCCCC2)cc1. The zero-order valence-corrected chi connectivity index (χ0v) is 17.4. The molecule has 0 bridgehead atoms. The fourth-order valence-electron chi connectivity index (χ4n) is 4.42. The smallest absolute Gasteiger partial charge is 0.115 e. The number of likely N-dealkylation sites (tertiary alicyclic amines) is 1. The molecule has 2 aliphatic heterocycles. The number of phenolic OH excluding ortho intramolecular Hbond substituents is 1. The summed E-state index contributed by atoms with van der Waals surface area (Å²) >= 11 is 0. The number of phenols is 1. The van der Waals surface area contributed by atoms with E-state index in [-0.39, 0.29) is 0 Å². The number of hydrogen-bond donors (Lipinski definition) is 1. The zero-order valence-electron chi connectivity index (χ0n) is 17.4. The maximum absolute atomic E-state index is 9.50. The molecule has 2 aromatic carbocycles. The van der Waals surface area contributed by atoms with E-state index < -0.39 is 0 Å². The van der Waals surface area contributed by atoms with Gasteiger partial charge in [0.15, 0.2) is 0 Å². The number of benzene rings is 2. The normalized spacial score (nSPS) is 20.3. The minimum absolute atomic E-state index is 0.394. The topological polar surface area (TPSA) is 26.7 Å². The van der Waals surface area contributed by atoms with Crippen molar-refractivity contribution in [2.75, 3.05) is 37.6 Å². The van der Waals surface area contributed by atoms with Gasteiger partial charge in [-0.1, -0.05) is 37.3 Å². The summed E-state index contributed by atoms with van der Waals surface area (Å²) in [6.45, 7) is 8.31. The van der Waals surface area contributed by atoms with Gasteiger partial charge in [-0.05, 0) is 87.4 Å². The Morgan fingerprint density at radius 2 is 1.68 bits per heavy atom. The van der Waals surface area contributed by atoms with Crippen molar-refractivity contribution in [1.29, 1.82) is 0 Å². The van der Waals surface area contributed by atoms with Crippen molar-refractivity contribution >= 4 is 5.69 Å². The molecule has 0 saturated carbocycles. The molecule has 1 unspecified atom stereocenters. The molecule has 2 aromatic rings. The molecule has 1 N–H and O–H groups in total. The van der Waals surface area contributed by atoms with Gasteiger partial charge in [0.25, 0.3) is 0 Å². The molecule has 2 aliphatic rings. The van der Waals surface area contributed by atoms with Gasteiger partial charge in [0.2, 0.25) is 0 Å². The first-order chi connectivity index (χ1) is 13.8. The molecule has 2 heterocycles. The molecule has 28 heavy (non-hydrogen) atoms. The van der Waals surface area contributed by atoms with Crippen molar-refractivity contribution in [3.05, 3.63) is 60.2 Å². The Kier molecular flexibility index (Phi) is 8.23. The van der Waals surface area contributed by atoms with Crippen LogP contribution in [-0.4, -0.2) is 42.7 Å². The van der Waals surface area contributed by atoms with Crippen LogP contribution in [0.5, 0.6) is 5.75 Å². The third-order valence-corrected chi connectivity index (χ3v) is 5.86. The van der Waals surface area contributed by atoms with Crippen LogP contribution in [0.4, 0.5) is 5.69 Å². The second-order valence-corrected chi connectivity index (χ2v) is 8.12. The highest BCUT2D eigenvalue weighted by atomic mass is 16.3. The fourth-order valence-corrected chi connectivity index (χ4v) is 4.42. The van der Waals surface area contributed by atoms with E-state index in [0.29, 0.717) is 11.7 Å². The van der Waals surface area contributed by atoms with Crippen LogP contribution in [0.15, 0.2) is 54.6 Å². The molecule has 3 nitrogen and oxygen atoms in total. The van der Waals surface area contributed by atoms with Gasteiger partial charge in [-0.15, -0.1) is 0 Å². The van der Waals surface area contributed by atoms with Gasteiger partial charge in [0.05, 0.1) is 0 Å². The van der Waals surface area contributed by atoms with E-state index >= 15 is 0 Å². The third kappa shape index (κ3) is 6.27. The van der Waals surface area contributed by atoms with Gasteiger partial charge < -0.3 is 14.9 Å². The second kappa shape index (κ2) is 11.1. The van der Waals surface area contributed by atoms with E-state index in [2.05, 4.69) is 53.1 Å². The minimum atomic E-state index is 0.394. The molecule has 1 atom stereocenters. The van der Waals surface area contributed by atoms with Crippen molar-refractivity contribution in [2.45, 2.75) is 51.4 Å². The summed E-state index contributed by atoms with van der Waals surface area (Å²) in [5.41, 5.74) is 2.68. The summed E-state index contributed by atoms with van der Waals surface area (Å²) in [6, 6.07) is 18.5. The molecule has 152 valence electrons. The number of aromatic hydroxyl groups is 1. The average molecular weight is 381 g/mol. The molecule has 0 aliphatic carbocycles. The molecule has 4 rings (SSSR count). The lowest BCUT2D eigenvalue weighted by Gasteiger charge is -2.32. The fraction of sp³-hybridized carbons (Fsp3) is 0.520. The van der Waals surface area contributed by atoms with Crippen LogP contribution in [-0.2, 0) is 0 Å². The number of piperidine rings is 2. The lowest BCUT2D eigenvalue weighted by molar-refractivity contribution is 0.208. The van der Waals surface area contributed by atoms with Gasteiger partial charge in [-0.3, -0.25) is 0 Å². The molecule has 0 radical (unpaired) electrons. The quantitative estimate of drug-likeness (QED) is 0.741. The summed E-state index contributed by atoms with van der Waals surface area (Å²) < 4.78 is 0. The molecule has 2 saturated heterocycles. The van der Waals surface area contributed by atoms with Crippen LogP contribution >= 0.6 is 0 Å². The van der Waals surface area contributed by atoms with Crippen LogP contribution in [0.3, 0.4) is 0 Å².